The first kappa shape index (κ1) is 40.2. The predicted octanol–water partition coefficient (Wildman–Crippen LogP) is 5.39. The first-order valence-electron chi connectivity index (χ1n) is 15.0. The van der Waals surface area contributed by atoms with Gasteiger partial charge in [0.05, 0.1) is 26.4 Å². The number of phenols is 2. The summed E-state index contributed by atoms with van der Waals surface area (Å²) in [5.41, 5.74) is 7.79. The van der Waals surface area contributed by atoms with E-state index in [1.54, 1.807) is 62.6 Å². The lowest BCUT2D eigenvalue weighted by atomic mass is 9.73. The highest BCUT2D eigenvalue weighted by molar-refractivity contribution is 5.88. The van der Waals surface area contributed by atoms with Crippen LogP contribution >= 0.6 is 0 Å². The molecule has 0 unspecified atom stereocenters. The number of allylic oxidation sites excluding steroid dienone is 3. The number of carbonyl (C=O) groups is 2. The summed E-state index contributed by atoms with van der Waals surface area (Å²) in [6.45, 7) is 15.9. The number of methoxy groups -OCH3 is 1. The van der Waals surface area contributed by atoms with Crippen LogP contribution in [-0.2, 0) is 29.4 Å². The fourth-order valence-corrected chi connectivity index (χ4v) is 4.57. The van der Waals surface area contributed by atoms with E-state index in [9.17, 15) is 19.8 Å². The quantitative estimate of drug-likeness (QED) is 0.0856. The molecule has 0 aromatic heterocycles. The summed E-state index contributed by atoms with van der Waals surface area (Å²) in [6.07, 6.45) is 6.86. The highest BCUT2D eigenvalue weighted by Crippen LogP contribution is 2.46. The number of aldehydes is 1. The third kappa shape index (κ3) is 11.7. The molecule has 0 aliphatic heterocycles. The number of amides is 1. The molecule has 0 aliphatic rings. The van der Waals surface area contributed by atoms with Crippen LogP contribution in [0.1, 0.15) is 56.9 Å². The molecule has 0 bridgehead atoms. The Balaban J connectivity index is 0.00000443. The Kier molecular flexibility index (Phi) is 20.8. The van der Waals surface area contributed by atoms with Crippen molar-refractivity contribution in [2.75, 3.05) is 46.6 Å². The number of ether oxygens (including phenoxy) is 3. The first-order valence-corrected chi connectivity index (χ1v) is 15.0. The fourth-order valence-electron chi connectivity index (χ4n) is 4.57. The molecule has 0 spiro atoms. The number of aromatic hydroxyl groups is 2. The molecule has 0 saturated carbocycles. The van der Waals surface area contributed by atoms with Gasteiger partial charge >= 0.3 is 0 Å². The van der Waals surface area contributed by atoms with Crippen molar-refractivity contribution in [1.82, 2.24) is 5.32 Å². The molecule has 5 N–H and O–H groups in total. The number of aryl methyl sites for hydroxylation is 2. The van der Waals surface area contributed by atoms with Crippen LogP contribution in [-0.4, -0.2) is 69.0 Å². The number of carbonyl (C=O) groups excluding carboxylic acids is 2. The summed E-state index contributed by atoms with van der Waals surface area (Å²) in [6, 6.07) is 9.87. The van der Waals surface area contributed by atoms with Gasteiger partial charge in [-0.15, -0.1) is 0 Å². The monoisotopic (exact) mass is 612 g/mol. The molecule has 1 amide bonds. The Labute approximate surface area is 263 Å². The minimum atomic E-state index is -1.27. The van der Waals surface area contributed by atoms with Gasteiger partial charge in [0.2, 0.25) is 5.91 Å². The fraction of sp³-hybridized carbons (Fsp3) is 0.429. The zero-order valence-corrected chi connectivity index (χ0v) is 27.6. The molecule has 0 saturated heterocycles. The van der Waals surface area contributed by atoms with Gasteiger partial charge in [0, 0.05) is 31.8 Å². The lowest BCUT2D eigenvalue weighted by Crippen LogP contribution is -2.35. The minimum absolute atomic E-state index is 0.0983. The van der Waals surface area contributed by atoms with Crippen molar-refractivity contribution in [3.8, 4) is 11.5 Å². The van der Waals surface area contributed by atoms with Crippen LogP contribution in [0, 0.1) is 13.8 Å². The number of rotatable bonds is 16. The molecule has 9 nitrogen and oxygen atoms in total. The normalized spacial score (nSPS) is 11.8. The van der Waals surface area contributed by atoms with Gasteiger partial charge in [0.25, 0.3) is 0 Å². The van der Waals surface area contributed by atoms with Crippen molar-refractivity contribution in [2.45, 2.75) is 54.1 Å². The molecule has 2 rings (SSSR count). The van der Waals surface area contributed by atoms with Crippen LogP contribution in [0.25, 0.3) is 0 Å². The summed E-state index contributed by atoms with van der Waals surface area (Å²) in [4.78, 5) is 24.7. The molecular formula is C35H52N2O7. The van der Waals surface area contributed by atoms with Gasteiger partial charge < -0.3 is 35.5 Å². The molecule has 44 heavy (non-hydrogen) atoms. The number of hydrogen-bond donors (Lipinski definition) is 4. The van der Waals surface area contributed by atoms with Crippen molar-refractivity contribution >= 4 is 12.2 Å². The summed E-state index contributed by atoms with van der Waals surface area (Å²) < 4.78 is 16.9. The van der Waals surface area contributed by atoms with Crippen LogP contribution in [0.3, 0.4) is 0 Å². The second-order valence-corrected chi connectivity index (χ2v) is 8.99. The van der Waals surface area contributed by atoms with Gasteiger partial charge in [0.1, 0.15) is 23.4 Å². The van der Waals surface area contributed by atoms with Crippen LogP contribution in [0.4, 0.5) is 0 Å². The second-order valence-electron chi connectivity index (χ2n) is 8.99. The van der Waals surface area contributed by atoms with Crippen LogP contribution < -0.4 is 11.1 Å². The second kappa shape index (κ2) is 22.7. The predicted molar refractivity (Wildman–Crippen MR) is 177 cm³/mol. The van der Waals surface area contributed by atoms with E-state index in [1.165, 1.54) is 12.2 Å². The van der Waals surface area contributed by atoms with Gasteiger partial charge in [-0.3, -0.25) is 9.59 Å². The van der Waals surface area contributed by atoms with E-state index in [-0.39, 0.29) is 23.0 Å². The smallest absolute Gasteiger partial charge is 0.244 e. The average molecular weight is 613 g/mol. The van der Waals surface area contributed by atoms with Crippen LogP contribution in [0.15, 0.2) is 71.8 Å². The van der Waals surface area contributed by atoms with E-state index < -0.39 is 5.60 Å². The Morgan fingerprint density at radius 2 is 1.43 bits per heavy atom. The number of nitrogens with two attached hydrogens (primary N) is 1. The van der Waals surface area contributed by atoms with Crippen molar-refractivity contribution in [1.29, 1.82) is 0 Å². The molecule has 244 valence electrons. The summed E-state index contributed by atoms with van der Waals surface area (Å²) >= 11 is 0. The topological polar surface area (TPSA) is 140 Å². The molecular weight excluding hydrogens is 560 g/mol. The Bertz CT molecular complexity index is 1180. The number of benzene rings is 2. The van der Waals surface area contributed by atoms with E-state index in [1.807, 2.05) is 41.5 Å². The van der Waals surface area contributed by atoms with E-state index in [0.29, 0.717) is 62.5 Å². The zero-order chi connectivity index (χ0) is 33.5. The standard InChI is InChI=1S/C31H40N2O7.2C2H6/c1-5-27(24(21-34)7-6-8-30(37)33-14-16-40-18-17-39-15-13-32)31(38-4,28-11-9-25(35)19-22(28)2)29-12-10-26(36)20-23(29)3;2*1-2/h5-12,19-21,35-36H,13-18,32H2,1-4H3,(H,33,37);2*1-2H3/b8-6+,24-7-,27-5+;;. The van der Waals surface area contributed by atoms with E-state index in [2.05, 4.69) is 5.32 Å². The molecule has 0 atom stereocenters. The maximum absolute atomic E-state index is 12.4. The Morgan fingerprint density at radius 1 is 0.909 bits per heavy atom. The van der Waals surface area contributed by atoms with Crippen LogP contribution in [0.2, 0.25) is 0 Å². The molecule has 0 aliphatic carbocycles. The summed E-state index contributed by atoms with van der Waals surface area (Å²) in [7, 11) is 1.54. The van der Waals surface area contributed by atoms with Gasteiger partial charge in [-0.05, 0) is 72.9 Å². The highest BCUT2D eigenvalue weighted by atomic mass is 16.5. The van der Waals surface area contributed by atoms with E-state index >= 15 is 0 Å². The molecule has 0 fully saturated rings. The Morgan fingerprint density at radius 3 is 1.86 bits per heavy atom. The van der Waals surface area contributed by atoms with Gasteiger partial charge in [-0.2, -0.15) is 0 Å². The lowest BCUT2D eigenvalue weighted by molar-refractivity contribution is -0.116. The van der Waals surface area contributed by atoms with Crippen LogP contribution in [0.5, 0.6) is 11.5 Å². The van der Waals surface area contributed by atoms with Crippen molar-refractivity contribution in [2.24, 2.45) is 5.73 Å². The average Bonchev–Trinajstić information content (AvgIpc) is 3.02. The third-order valence-electron chi connectivity index (χ3n) is 6.29. The molecule has 0 radical (unpaired) electrons. The molecule has 9 heteroatoms. The number of phenolic OH excluding ortho intramolecular Hbond substituents is 2. The third-order valence-corrected chi connectivity index (χ3v) is 6.29. The maximum Gasteiger partial charge on any atom is 0.244 e. The molecule has 2 aromatic rings. The van der Waals surface area contributed by atoms with E-state index in [0.717, 1.165) is 11.1 Å². The summed E-state index contributed by atoms with van der Waals surface area (Å²) in [5, 5.41) is 22.9. The minimum Gasteiger partial charge on any atom is -0.508 e. The van der Waals surface area contributed by atoms with Crippen molar-refractivity contribution in [3.63, 3.8) is 0 Å². The van der Waals surface area contributed by atoms with Gasteiger partial charge in [0.15, 0.2) is 0 Å². The molecule has 2 aromatic carbocycles. The Hall–Kier alpha value is -3.76. The van der Waals surface area contributed by atoms with Crippen molar-refractivity contribution in [3.05, 3.63) is 94.1 Å². The lowest BCUT2D eigenvalue weighted by Gasteiger charge is -2.38. The van der Waals surface area contributed by atoms with Gasteiger partial charge in [-0.25, -0.2) is 0 Å². The zero-order valence-electron chi connectivity index (χ0n) is 27.6. The van der Waals surface area contributed by atoms with Gasteiger partial charge in [-0.1, -0.05) is 58.1 Å². The number of hydrogen-bond acceptors (Lipinski definition) is 8. The first-order chi connectivity index (χ1) is 21.2. The van der Waals surface area contributed by atoms with Crippen molar-refractivity contribution < 1.29 is 34.0 Å². The SMILES string of the molecule is CC.CC.C\C=C(/C(C=O)=C\C=C\C(=O)NCCOCCOCCN)C(OC)(c1ccc(O)cc1C)c1ccc(O)cc1C. The molecule has 0 heterocycles. The maximum atomic E-state index is 12.4. The largest absolute Gasteiger partial charge is 0.508 e. The highest BCUT2D eigenvalue weighted by Gasteiger charge is 2.41. The van der Waals surface area contributed by atoms with E-state index in [4.69, 9.17) is 19.9 Å². The summed E-state index contributed by atoms with van der Waals surface area (Å²) in [5.74, 6) is -0.143. The number of nitrogens with one attached hydrogen (secondary N) is 1.